The zero-order valence-corrected chi connectivity index (χ0v) is 18.3. The summed E-state index contributed by atoms with van der Waals surface area (Å²) in [7, 11) is 0. The van der Waals surface area contributed by atoms with E-state index in [0.29, 0.717) is 6.61 Å². The molecule has 0 heterocycles. The molecule has 2 heteroatoms. The van der Waals surface area contributed by atoms with Gasteiger partial charge >= 0.3 is 5.97 Å². The van der Waals surface area contributed by atoms with Gasteiger partial charge in [0, 0.05) is 0 Å². The van der Waals surface area contributed by atoms with Crippen LogP contribution in [0.5, 0.6) is 0 Å². The summed E-state index contributed by atoms with van der Waals surface area (Å²) in [5.74, 6) is 0.0163. The van der Waals surface area contributed by atoms with Gasteiger partial charge in [-0.1, -0.05) is 84.3 Å². The maximum Gasteiger partial charge on any atom is 0.312 e. The number of allylic oxidation sites excluding steroid dienone is 2. The SMILES string of the molecule is CCCCCCCCC=CCCCCCCC(CC)(CC)C(=O)OCC. The Morgan fingerprint density at radius 1 is 0.731 bits per heavy atom. The van der Waals surface area contributed by atoms with E-state index in [-0.39, 0.29) is 11.4 Å². The summed E-state index contributed by atoms with van der Waals surface area (Å²) in [5, 5.41) is 0. The van der Waals surface area contributed by atoms with Crippen molar-refractivity contribution in [1.29, 1.82) is 0 Å². The Kier molecular flexibility index (Phi) is 17.1. The average molecular weight is 367 g/mol. The molecule has 0 fully saturated rings. The maximum absolute atomic E-state index is 12.3. The molecule has 0 saturated carbocycles. The number of rotatable bonds is 18. The Labute approximate surface area is 164 Å². The molecule has 0 aromatic rings. The monoisotopic (exact) mass is 366 g/mol. The number of esters is 1. The van der Waals surface area contributed by atoms with Gasteiger partial charge in [-0.25, -0.2) is 0 Å². The van der Waals surface area contributed by atoms with Crippen molar-refractivity contribution < 1.29 is 9.53 Å². The molecule has 0 radical (unpaired) electrons. The van der Waals surface area contributed by atoms with Crippen molar-refractivity contribution in [3.63, 3.8) is 0 Å². The quantitative estimate of drug-likeness (QED) is 0.139. The van der Waals surface area contributed by atoms with E-state index in [9.17, 15) is 4.79 Å². The van der Waals surface area contributed by atoms with Crippen molar-refractivity contribution in [3.05, 3.63) is 12.2 Å². The van der Waals surface area contributed by atoms with Crippen molar-refractivity contribution in [2.75, 3.05) is 6.61 Å². The molecule has 0 spiro atoms. The van der Waals surface area contributed by atoms with Gasteiger partial charge in [0.05, 0.1) is 12.0 Å². The minimum atomic E-state index is -0.243. The summed E-state index contributed by atoms with van der Waals surface area (Å²) >= 11 is 0. The summed E-state index contributed by atoms with van der Waals surface area (Å²) < 4.78 is 5.31. The highest BCUT2D eigenvalue weighted by Crippen LogP contribution is 2.34. The van der Waals surface area contributed by atoms with Gasteiger partial charge in [0.1, 0.15) is 0 Å². The summed E-state index contributed by atoms with van der Waals surface area (Å²) in [4.78, 5) is 12.3. The topological polar surface area (TPSA) is 26.3 Å². The molecule has 0 atom stereocenters. The lowest BCUT2D eigenvalue weighted by molar-refractivity contribution is -0.156. The number of unbranched alkanes of at least 4 members (excludes halogenated alkanes) is 10. The van der Waals surface area contributed by atoms with E-state index in [1.807, 2.05) is 6.92 Å². The van der Waals surface area contributed by atoms with E-state index in [2.05, 4.69) is 32.9 Å². The molecule has 0 saturated heterocycles. The summed E-state index contributed by atoms with van der Waals surface area (Å²) in [6.45, 7) is 8.90. The van der Waals surface area contributed by atoms with Gasteiger partial charge in [-0.15, -0.1) is 0 Å². The van der Waals surface area contributed by atoms with Crippen LogP contribution in [0, 0.1) is 5.41 Å². The van der Waals surface area contributed by atoms with E-state index < -0.39 is 0 Å². The molecule has 0 aromatic heterocycles. The molecular formula is C24H46O2. The minimum absolute atomic E-state index is 0.0163. The molecule has 0 unspecified atom stereocenters. The Balaban J connectivity index is 3.67. The molecule has 0 aliphatic carbocycles. The van der Waals surface area contributed by atoms with Crippen LogP contribution in [0.15, 0.2) is 12.2 Å². The number of hydrogen-bond donors (Lipinski definition) is 0. The predicted molar refractivity (Wildman–Crippen MR) is 114 cm³/mol. The molecule has 0 rings (SSSR count). The second kappa shape index (κ2) is 17.6. The van der Waals surface area contributed by atoms with E-state index in [1.165, 1.54) is 70.6 Å². The first-order chi connectivity index (χ1) is 12.7. The fourth-order valence-corrected chi connectivity index (χ4v) is 3.64. The lowest BCUT2D eigenvalue weighted by Gasteiger charge is -2.29. The smallest absolute Gasteiger partial charge is 0.312 e. The third-order valence-corrected chi connectivity index (χ3v) is 5.73. The first-order valence-electron chi connectivity index (χ1n) is 11.5. The highest BCUT2D eigenvalue weighted by Gasteiger charge is 2.35. The van der Waals surface area contributed by atoms with Crippen molar-refractivity contribution in [3.8, 4) is 0 Å². The van der Waals surface area contributed by atoms with Crippen LogP contribution in [0.1, 0.15) is 124 Å². The van der Waals surface area contributed by atoms with Crippen LogP contribution >= 0.6 is 0 Å². The standard InChI is InChI=1S/C24H46O2/c1-5-9-10-11-12-13-14-15-16-17-18-19-20-21-22-24(6-2,7-3)23(25)26-8-4/h15-16H,5-14,17-22H2,1-4H3. The Bertz CT molecular complexity index is 342. The van der Waals surface area contributed by atoms with Crippen LogP contribution in [0.25, 0.3) is 0 Å². The Morgan fingerprint density at radius 3 is 1.73 bits per heavy atom. The second-order valence-corrected chi connectivity index (χ2v) is 7.69. The van der Waals surface area contributed by atoms with Crippen LogP contribution in [0.3, 0.4) is 0 Å². The zero-order chi connectivity index (χ0) is 19.5. The number of ether oxygens (including phenoxy) is 1. The van der Waals surface area contributed by atoms with Crippen LogP contribution < -0.4 is 0 Å². The van der Waals surface area contributed by atoms with Crippen LogP contribution in [0.4, 0.5) is 0 Å². The van der Waals surface area contributed by atoms with Gasteiger partial charge in [-0.3, -0.25) is 4.79 Å². The number of hydrogen-bond acceptors (Lipinski definition) is 2. The van der Waals surface area contributed by atoms with Crippen molar-refractivity contribution in [2.24, 2.45) is 5.41 Å². The summed E-state index contributed by atoms with van der Waals surface area (Å²) in [6.07, 6.45) is 23.2. The highest BCUT2D eigenvalue weighted by molar-refractivity contribution is 5.76. The first-order valence-corrected chi connectivity index (χ1v) is 11.5. The lowest BCUT2D eigenvalue weighted by Crippen LogP contribution is -2.32. The molecule has 0 aliphatic heterocycles. The second-order valence-electron chi connectivity index (χ2n) is 7.69. The first kappa shape index (κ1) is 25.2. The van der Waals surface area contributed by atoms with Crippen LogP contribution in [-0.4, -0.2) is 12.6 Å². The van der Waals surface area contributed by atoms with Gasteiger partial charge in [0.2, 0.25) is 0 Å². The summed E-state index contributed by atoms with van der Waals surface area (Å²) in [6, 6.07) is 0. The van der Waals surface area contributed by atoms with Gasteiger partial charge < -0.3 is 4.74 Å². The molecule has 0 amide bonds. The average Bonchev–Trinajstić information content (AvgIpc) is 2.65. The molecular weight excluding hydrogens is 320 g/mol. The molecule has 154 valence electrons. The molecule has 0 bridgehead atoms. The third-order valence-electron chi connectivity index (χ3n) is 5.73. The van der Waals surface area contributed by atoms with Gasteiger partial charge in [0.25, 0.3) is 0 Å². The molecule has 0 N–H and O–H groups in total. The van der Waals surface area contributed by atoms with Crippen LogP contribution in [0.2, 0.25) is 0 Å². The number of carbonyl (C=O) groups is 1. The molecule has 0 aliphatic rings. The summed E-state index contributed by atoms with van der Waals surface area (Å²) in [5.41, 5.74) is -0.243. The molecule has 2 nitrogen and oxygen atoms in total. The van der Waals surface area contributed by atoms with Gasteiger partial charge in [0.15, 0.2) is 0 Å². The minimum Gasteiger partial charge on any atom is -0.466 e. The van der Waals surface area contributed by atoms with E-state index in [1.54, 1.807) is 0 Å². The Hall–Kier alpha value is -0.790. The van der Waals surface area contributed by atoms with E-state index in [4.69, 9.17) is 4.74 Å². The van der Waals surface area contributed by atoms with Gasteiger partial charge in [-0.2, -0.15) is 0 Å². The van der Waals surface area contributed by atoms with Crippen molar-refractivity contribution in [2.45, 2.75) is 124 Å². The van der Waals surface area contributed by atoms with Gasteiger partial charge in [-0.05, 0) is 51.9 Å². The Morgan fingerprint density at radius 2 is 1.23 bits per heavy atom. The fourth-order valence-electron chi connectivity index (χ4n) is 3.64. The highest BCUT2D eigenvalue weighted by atomic mass is 16.5. The van der Waals surface area contributed by atoms with Crippen molar-refractivity contribution >= 4 is 5.97 Å². The number of carbonyl (C=O) groups excluding carboxylic acids is 1. The van der Waals surface area contributed by atoms with Crippen molar-refractivity contribution in [1.82, 2.24) is 0 Å². The third kappa shape index (κ3) is 11.8. The molecule has 26 heavy (non-hydrogen) atoms. The molecule has 0 aromatic carbocycles. The largest absolute Gasteiger partial charge is 0.466 e. The predicted octanol–water partition coefficient (Wildman–Crippen LogP) is 8.00. The zero-order valence-electron chi connectivity index (χ0n) is 18.3. The van der Waals surface area contributed by atoms with Crippen LogP contribution in [-0.2, 0) is 9.53 Å². The maximum atomic E-state index is 12.3. The van der Waals surface area contributed by atoms with E-state index >= 15 is 0 Å². The lowest BCUT2D eigenvalue weighted by atomic mass is 9.77. The van der Waals surface area contributed by atoms with E-state index in [0.717, 1.165) is 25.7 Å². The normalized spacial score (nSPS) is 12.0. The fraction of sp³-hybridized carbons (Fsp3) is 0.875.